The van der Waals surface area contributed by atoms with Crippen LogP contribution in [0, 0.1) is 6.92 Å². The standard InChI is InChI=1S/C27H22N2O5/c1-16-8-19(18-5-2-4-17(10-18)14-28)11-20(9-16)34-26-7-3-6-23(29-26)21-12-24-25(33-15-32-24)13-22(21)27(30)31/h2-13H,14-15,28H2,1H3,(H,30,31). The van der Waals surface area contributed by atoms with E-state index in [1.54, 1.807) is 24.3 Å². The van der Waals surface area contributed by atoms with Gasteiger partial charge in [0.25, 0.3) is 0 Å². The molecule has 0 spiro atoms. The maximum atomic E-state index is 11.9. The lowest BCUT2D eigenvalue weighted by Crippen LogP contribution is -2.01. The van der Waals surface area contributed by atoms with Gasteiger partial charge in [-0.3, -0.25) is 0 Å². The van der Waals surface area contributed by atoms with E-state index in [4.69, 9.17) is 19.9 Å². The molecule has 1 aliphatic heterocycles. The van der Waals surface area contributed by atoms with Crippen LogP contribution in [0.5, 0.6) is 23.1 Å². The van der Waals surface area contributed by atoms with Gasteiger partial charge in [-0.2, -0.15) is 0 Å². The van der Waals surface area contributed by atoms with Crippen LogP contribution in [-0.4, -0.2) is 22.9 Å². The van der Waals surface area contributed by atoms with E-state index in [0.717, 1.165) is 22.3 Å². The molecule has 170 valence electrons. The summed E-state index contributed by atoms with van der Waals surface area (Å²) in [4.78, 5) is 16.4. The smallest absolute Gasteiger partial charge is 0.336 e. The first-order valence-corrected chi connectivity index (χ1v) is 10.7. The number of aromatic nitrogens is 1. The Hall–Kier alpha value is -4.36. The van der Waals surface area contributed by atoms with Crippen LogP contribution in [0.2, 0.25) is 0 Å². The minimum absolute atomic E-state index is 0.0539. The first kappa shape index (κ1) is 21.5. The number of nitrogens with two attached hydrogens (primary N) is 1. The Balaban J connectivity index is 1.49. The Bertz CT molecular complexity index is 1400. The molecule has 0 saturated heterocycles. The van der Waals surface area contributed by atoms with E-state index in [-0.39, 0.29) is 12.4 Å². The second-order valence-electron chi connectivity index (χ2n) is 7.96. The molecular weight excluding hydrogens is 432 g/mol. The third-order valence-corrected chi connectivity index (χ3v) is 5.51. The number of rotatable bonds is 6. The molecule has 4 aromatic rings. The molecule has 0 aliphatic carbocycles. The first-order valence-electron chi connectivity index (χ1n) is 10.7. The van der Waals surface area contributed by atoms with Crippen molar-refractivity contribution in [2.75, 3.05) is 6.79 Å². The minimum Gasteiger partial charge on any atom is -0.478 e. The highest BCUT2D eigenvalue weighted by Gasteiger charge is 2.22. The summed E-state index contributed by atoms with van der Waals surface area (Å²) >= 11 is 0. The molecular formula is C27H22N2O5. The zero-order valence-corrected chi connectivity index (χ0v) is 18.4. The SMILES string of the molecule is Cc1cc(Oc2cccc(-c3cc4c(cc3C(=O)O)OCO4)n2)cc(-c2cccc(CN)c2)c1. The molecule has 0 atom stereocenters. The second-order valence-corrected chi connectivity index (χ2v) is 7.96. The van der Waals surface area contributed by atoms with Crippen molar-refractivity contribution in [3.8, 4) is 45.5 Å². The number of ether oxygens (including phenoxy) is 3. The number of hydrogen-bond acceptors (Lipinski definition) is 6. The number of carboxylic acid groups (broad SMARTS) is 1. The number of aromatic carboxylic acids is 1. The van der Waals surface area contributed by atoms with Gasteiger partial charge >= 0.3 is 5.97 Å². The van der Waals surface area contributed by atoms with Crippen molar-refractivity contribution < 1.29 is 24.1 Å². The molecule has 0 unspecified atom stereocenters. The highest BCUT2D eigenvalue weighted by atomic mass is 16.7. The number of aryl methyl sites for hydroxylation is 1. The molecule has 7 nitrogen and oxygen atoms in total. The van der Waals surface area contributed by atoms with Gasteiger partial charge in [0.2, 0.25) is 12.7 Å². The number of carboxylic acids is 1. The summed E-state index contributed by atoms with van der Waals surface area (Å²) in [5.74, 6) is 0.779. The number of pyridine rings is 1. The predicted molar refractivity (Wildman–Crippen MR) is 127 cm³/mol. The molecule has 3 aromatic carbocycles. The van der Waals surface area contributed by atoms with Gasteiger partial charge in [0.1, 0.15) is 5.75 Å². The van der Waals surface area contributed by atoms with Crippen LogP contribution < -0.4 is 19.9 Å². The molecule has 0 bridgehead atoms. The van der Waals surface area contributed by atoms with Crippen molar-refractivity contribution in [1.29, 1.82) is 0 Å². The summed E-state index contributed by atoms with van der Waals surface area (Å²) in [6, 6.07) is 22.3. The summed E-state index contributed by atoms with van der Waals surface area (Å²) in [7, 11) is 0. The van der Waals surface area contributed by atoms with E-state index >= 15 is 0 Å². The van der Waals surface area contributed by atoms with Gasteiger partial charge in [-0.05, 0) is 65.6 Å². The van der Waals surface area contributed by atoms with E-state index in [9.17, 15) is 9.90 Å². The van der Waals surface area contributed by atoms with Gasteiger partial charge in [0.05, 0.1) is 11.3 Å². The molecule has 3 N–H and O–H groups in total. The molecule has 34 heavy (non-hydrogen) atoms. The van der Waals surface area contributed by atoms with Crippen LogP contribution in [0.1, 0.15) is 21.5 Å². The highest BCUT2D eigenvalue weighted by molar-refractivity contribution is 5.96. The molecule has 7 heteroatoms. The van der Waals surface area contributed by atoms with Crippen LogP contribution in [0.3, 0.4) is 0 Å². The van der Waals surface area contributed by atoms with Gasteiger partial charge in [-0.1, -0.05) is 30.3 Å². The topological polar surface area (TPSA) is 104 Å². The first-order chi connectivity index (χ1) is 16.5. The number of nitrogens with zero attached hydrogens (tertiary/aromatic N) is 1. The zero-order chi connectivity index (χ0) is 23.7. The van der Waals surface area contributed by atoms with Crippen molar-refractivity contribution in [1.82, 2.24) is 4.98 Å². The molecule has 0 radical (unpaired) electrons. The van der Waals surface area contributed by atoms with Crippen LogP contribution in [0.15, 0.2) is 72.8 Å². The van der Waals surface area contributed by atoms with Crippen molar-refractivity contribution in [2.24, 2.45) is 5.73 Å². The number of hydrogen-bond donors (Lipinski definition) is 2. The molecule has 2 heterocycles. The van der Waals surface area contributed by atoms with Gasteiger partial charge in [-0.15, -0.1) is 0 Å². The van der Waals surface area contributed by atoms with E-state index in [1.165, 1.54) is 6.07 Å². The van der Waals surface area contributed by atoms with Crippen molar-refractivity contribution >= 4 is 5.97 Å². The third kappa shape index (κ3) is 4.29. The Labute approximate surface area is 196 Å². The Morgan fingerprint density at radius 2 is 1.79 bits per heavy atom. The summed E-state index contributed by atoms with van der Waals surface area (Å²) in [6.07, 6.45) is 0. The fraction of sp³-hybridized carbons (Fsp3) is 0.111. The fourth-order valence-electron chi connectivity index (χ4n) is 3.92. The summed E-state index contributed by atoms with van der Waals surface area (Å²) in [5, 5.41) is 9.71. The summed E-state index contributed by atoms with van der Waals surface area (Å²) in [6.45, 7) is 2.52. The van der Waals surface area contributed by atoms with Crippen molar-refractivity contribution in [3.63, 3.8) is 0 Å². The summed E-state index contributed by atoms with van der Waals surface area (Å²) in [5.41, 5.74) is 10.9. The molecule has 1 aromatic heterocycles. The number of carbonyl (C=O) groups is 1. The van der Waals surface area contributed by atoms with Gasteiger partial charge in [0.15, 0.2) is 11.5 Å². The molecule has 0 amide bonds. The highest BCUT2D eigenvalue weighted by Crippen LogP contribution is 2.39. The van der Waals surface area contributed by atoms with E-state index in [0.29, 0.717) is 40.9 Å². The Morgan fingerprint density at radius 1 is 1.00 bits per heavy atom. The van der Waals surface area contributed by atoms with Crippen LogP contribution in [-0.2, 0) is 6.54 Å². The van der Waals surface area contributed by atoms with Crippen LogP contribution in [0.4, 0.5) is 0 Å². The predicted octanol–water partition coefficient (Wildman–Crippen LogP) is 5.40. The molecule has 0 fully saturated rings. The lowest BCUT2D eigenvalue weighted by atomic mass is 10.0. The monoisotopic (exact) mass is 454 g/mol. The summed E-state index contributed by atoms with van der Waals surface area (Å²) < 4.78 is 16.8. The molecule has 0 saturated carbocycles. The lowest BCUT2D eigenvalue weighted by Gasteiger charge is -2.12. The van der Waals surface area contributed by atoms with Gasteiger partial charge in [0, 0.05) is 18.2 Å². The quantitative estimate of drug-likeness (QED) is 0.402. The van der Waals surface area contributed by atoms with Crippen molar-refractivity contribution in [3.05, 3.63) is 89.5 Å². The van der Waals surface area contributed by atoms with Crippen molar-refractivity contribution in [2.45, 2.75) is 13.5 Å². The normalized spacial score (nSPS) is 11.9. The van der Waals surface area contributed by atoms with Crippen LogP contribution >= 0.6 is 0 Å². The number of fused-ring (bicyclic) bond motifs is 1. The van der Waals surface area contributed by atoms with Gasteiger partial charge in [-0.25, -0.2) is 9.78 Å². The lowest BCUT2D eigenvalue weighted by molar-refractivity contribution is 0.0697. The molecule has 5 rings (SSSR count). The second kappa shape index (κ2) is 8.88. The van der Waals surface area contributed by atoms with Crippen LogP contribution in [0.25, 0.3) is 22.4 Å². The fourth-order valence-corrected chi connectivity index (χ4v) is 3.92. The maximum absolute atomic E-state index is 11.9. The minimum atomic E-state index is -1.08. The third-order valence-electron chi connectivity index (χ3n) is 5.51. The average Bonchev–Trinajstić information content (AvgIpc) is 3.31. The molecule has 1 aliphatic rings. The maximum Gasteiger partial charge on any atom is 0.336 e. The zero-order valence-electron chi connectivity index (χ0n) is 18.4. The number of benzene rings is 3. The Morgan fingerprint density at radius 3 is 2.59 bits per heavy atom. The van der Waals surface area contributed by atoms with E-state index in [1.807, 2.05) is 37.3 Å². The largest absolute Gasteiger partial charge is 0.478 e. The average molecular weight is 454 g/mol. The Kier molecular flexibility index (Phi) is 5.61. The van der Waals surface area contributed by atoms with Gasteiger partial charge < -0.3 is 25.1 Å². The van der Waals surface area contributed by atoms with E-state index in [2.05, 4.69) is 17.1 Å². The van der Waals surface area contributed by atoms with E-state index < -0.39 is 5.97 Å².